The number of benzene rings is 2. The Bertz CT molecular complexity index is 616. The Hall–Kier alpha value is -1.33. The third-order valence-corrected chi connectivity index (χ3v) is 3.61. The predicted octanol–water partition coefficient (Wildman–Crippen LogP) is 4.37. The van der Waals surface area contributed by atoms with E-state index in [1.807, 2.05) is 0 Å². The molecule has 2 rings (SSSR count). The molecule has 0 spiro atoms. The van der Waals surface area contributed by atoms with Crippen molar-refractivity contribution < 1.29 is 13.2 Å². The van der Waals surface area contributed by atoms with Gasteiger partial charge in [-0.2, -0.15) is 0 Å². The Morgan fingerprint density at radius 3 is 2.45 bits per heavy atom. The average Bonchev–Trinajstić information content (AvgIpc) is 2.42. The van der Waals surface area contributed by atoms with E-state index in [9.17, 15) is 13.2 Å². The lowest BCUT2D eigenvalue weighted by Gasteiger charge is -2.18. The Balaban J connectivity index is 2.33. The predicted molar refractivity (Wildman–Crippen MR) is 76.0 cm³/mol. The van der Waals surface area contributed by atoms with Crippen molar-refractivity contribution in [2.45, 2.75) is 12.5 Å². The van der Waals surface area contributed by atoms with E-state index in [4.69, 9.17) is 0 Å². The Morgan fingerprint density at radius 1 is 1.05 bits per heavy atom. The van der Waals surface area contributed by atoms with Gasteiger partial charge < -0.3 is 5.32 Å². The molecule has 0 heterocycles. The number of nitrogens with one attached hydrogen (secondary N) is 1. The van der Waals surface area contributed by atoms with Gasteiger partial charge in [0.1, 0.15) is 17.5 Å². The number of halogens is 4. The van der Waals surface area contributed by atoms with Gasteiger partial charge in [0.15, 0.2) is 0 Å². The second-order valence-electron chi connectivity index (χ2n) is 4.45. The van der Waals surface area contributed by atoms with Gasteiger partial charge in [0, 0.05) is 16.1 Å². The minimum Gasteiger partial charge on any atom is -0.313 e. The third kappa shape index (κ3) is 3.41. The summed E-state index contributed by atoms with van der Waals surface area (Å²) in [7, 11) is 1.65. The Morgan fingerprint density at radius 2 is 1.75 bits per heavy atom. The zero-order valence-corrected chi connectivity index (χ0v) is 12.3. The summed E-state index contributed by atoms with van der Waals surface area (Å²) in [6.07, 6.45) is 0.160. The summed E-state index contributed by atoms with van der Waals surface area (Å²) >= 11 is 3.28. The maximum atomic E-state index is 13.9. The smallest absolute Gasteiger partial charge is 0.128 e. The van der Waals surface area contributed by atoms with Gasteiger partial charge in [0.2, 0.25) is 0 Å². The molecule has 1 nitrogen and oxygen atoms in total. The molecule has 20 heavy (non-hydrogen) atoms. The first-order valence-electron chi connectivity index (χ1n) is 6.07. The van der Waals surface area contributed by atoms with Crippen molar-refractivity contribution >= 4 is 15.9 Å². The minimum absolute atomic E-state index is 0.160. The SMILES string of the molecule is CNC(Cc1cc(F)ccc1F)c1cc(Br)ccc1F. The van der Waals surface area contributed by atoms with Crippen molar-refractivity contribution in [1.82, 2.24) is 5.32 Å². The molecule has 0 saturated carbocycles. The molecule has 0 fully saturated rings. The molecule has 106 valence electrons. The van der Waals surface area contributed by atoms with Crippen LogP contribution in [0.4, 0.5) is 13.2 Å². The summed E-state index contributed by atoms with van der Waals surface area (Å²) in [4.78, 5) is 0. The summed E-state index contributed by atoms with van der Waals surface area (Å²) in [5.74, 6) is -1.39. The summed E-state index contributed by atoms with van der Waals surface area (Å²) < 4.78 is 41.4. The Labute approximate surface area is 123 Å². The molecule has 0 aliphatic rings. The fourth-order valence-electron chi connectivity index (χ4n) is 2.07. The van der Waals surface area contributed by atoms with E-state index in [0.717, 1.165) is 22.7 Å². The van der Waals surface area contributed by atoms with E-state index in [2.05, 4.69) is 21.2 Å². The number of hydrogen-bond donors (Lipinski definition) is 1. The molecule has 1 unspecified atom stereocenters. The first-order valence-corrected chi connectivity index (χ1v) is 6.86. The molecule has 2 aromatic rings. The third-order valence-electron chi connectivity index (χ3n) is 3.11. The maximum Gasteiger partial charge on any atom is 0.128 e. The molecule has 0 saturated heterocycles. The molecule has 0 bridgehead atoms. The summed E-state index contributed by atoms with van der Waals surface area (Å²) in [5.41, 5.74) is 0.620. The first-order chi connectivity index (χ1) is 9.51. The second-order valence-corrected chi connectivity index (χ2v) is 5.36. The lowest BCUT2D eigenvalue weighted by atomic mass is 9.98. The first kappa shape index (κ1) is 15.1. The molecule has 1 N–H and O–H groups in total. The topological polar surface area (TPSA) is 12.0 Å². The van der Waals surface area contributed by atoms with Crippen LogP contribution in [-0.4, -0.2) is 7.05 Å². The van der Waals surface area contributed by atoms with Gasteiger partial charge in [-0.3, -0.25) is 0 Å². The van der Waals surface area contributed by atoms with Crippen molar-refractivity contribution in [2.75, 3.05) is 7.05 Å². The van der Waals surface area contributed by atoms with Crippen molar-refractivity contribution in [1.29, 1.82) is 0 Å². The normalized spacial score (nSPS) is 12.4. The van der Waals surface area contributed by atoms with Gasteiger partial charge in [-0.05, 0) is 55.4 Å². The van der Waals surface area contributed by atoms with E-state index in [1.54, 1.807) is 19.2 Å². The molecule has 2 aromatic carbocycles. The van der Waals surface area contributed by atoms with Crippen molar-refractivity contribution in [3.05, 3.63) is 69.4 Å². The molecule has 1 atom stereocenters. The number of likely N-dealkylation sites (N-methyl/N-ethyl adjacent to an activating group) is 1. The van der Waals surface area contributed by atoms with E-state index in [1.165, 1.54) is 6.07 Å². The fraction of sp³-hybridized carbons (Fsp3) is 0.200. The van der Waals surface area contributed by atoms with E-state index in [0.29, 0.717) is 5.56 Å². The minimum atomic E-state index is -0.508. The van der Waals surface area contributed by atoms with Crippen molar-refractivity contribution in [2.24, 2.45) is 0 Å². The van der Waals surface area contributed by atoms with E-state index >= 15 is 0 Å². The highest BCUT2D eigenvalue weighted by molar-refractivity contribution is 9.10. The standard InChI is InChI=1S/C15H13BrF3N/c1-20-15(12-8-10(16)2-4-14(12)19)7-9-6-11(17)3-5-13(9)18/h2-6,8,15,20H,7H2,1H3. The van der Waals surface area contributed by atoms with Gasteiger partial charge in [-0.15, -0.1) is 0 Å². The lowest BCUT2D eigenvalue weighted by molar-refractivity contribution is 0.515. The molecule has 0 aliphatic carbocycles. The van der Waals surface area contributed by atoms with Gasteiger partial charge in [-0.1, -0.05) is 15.9 Å². The maximum absolute atomic E-state index is 13.9. The Kier molecular flexibility index (Phi) is 4.83. The fourth-order valence-corrected chi connectivity index (χ4v) is 2.45. The lowest BCUT2D eigenvalue weighted by Crippen LogP contribution is -2.20. The van der Waals surface area contributed by atoms with Gasteiger partial charge >= 0.3 is 0 Å². The average molecular weight is 344 g/mol. The molecular weight excluding hydrogens is 331 g/mol. The molecule has 0 radical (unpaired) electrons. The quantitative estimate of drug-likeness (QED) is 0.869. The van der Waals surface area contributed by atoms with Crippen LogP contribution in [0.15, 0.2) is 40.9 Å². The highest BCUT2D eigenvalue weighted by Gasteiger charge is 2.17. The molecular formula is C15H13BrF3N. The number of hydrogen-bond acceptors (Lipinski definition) is 1. The van der Waals surface area contributed by atoms with E-state index in [-0.39, 0.29) is 17.8 Å². The van der Waals surface area contributed by atoms with Crippen molar-refractivity contribution in [3.8, 4) is 0 Å². The zero-order chi connectivity index (χ0) is 14.7. The monoisotopic (exact) mass is 343 g/mol. The van der Waals surface area contributed by atoms with Crippen molar-refractivity contribution in [3.63, 3.8) is 0 Å². The zero-order valence-electron chi connectivity index (χ0n) is 10.8. The number of rotatable bonds is 4. The van der Waals surface area contributed by atoms with Gasteiger partial charge in [-0.25, -0.2) is 13.2 Å². The van der Waals surface area contributed by atoms with E-state index < -0.39 is 17.7 Å². The highest BCUT2D eigenvalue weighted by Crippen LogP contribution is 2.25. The largest absolute Gasteiger partial charge is 0.313 e. The van der Waals surface area contributed by atoms with Crippen LogP contribution in [0.1, 0.15) is 17.2 Å². The van der Waals surface area contributed by atoms with Gasteiger partial charge in [0.25, 0.3) is 0 Å². The van der Waals surface area contributed by atoms with Crippen LogP contribution in [0.5, 0.6) is 0 Å². The summed E-state index contributed by atoms with van der Waals surface area (Å²) in [6.45, 7) is 0. The summed E-state index contributed by atoms with van der Waals surface area (Å²) in [6, 6.07) is 7.40. The molecule has 0 aliphatic heterocycles. The van der Waals surface area contributed by atoms with Crippen LogP contribution in [0, 0.1) is 17.5 Å². The highest BCUT2D eigenvalue weighted by atomic mass is 79.9. The van der Waals surface area contributed by atoms with Crippen LogP contribution in [-0.2, 0) is 6.42 Å². The van der Waals surface area contributed by atoms with Crippen LogP contribution >= 0.6 is 15.9 Å². The van der Waals surface area contributed by atoms with Crippen LogP contribution in [0.3, 0.4) is 0 Å². The van der Waals surface area contributed by atoms with Crippen LogP contribution < -0.4 is 5.32 Å². The van der Waals surface area contributed by atoms with Crippen LogP contribution in [0.25, 0.3) is 0 Å². The molecule has 0 aromatic heterocycles. The second kappa shape index (κ2) is 6.41. The summed E-state index contributed by atoms with van der Waals surface area (Å²) in [5, 5.41) is 2.93. The van der Waals surface area contributed by atoms with Gasteiger partial charge in [0.05, 0.1) is 0 Å². The molecule has 0 amide bonds. The van der Waals surface area contributed by atoms with Crippen LogP contribution in [0.2, 0.25) is 0 Å². The molecule has 5 heteroatoms.